The van der Waals surface area contributed by atoms with Crippen molar-refractivity contribution < 1.29 is 14.3 Å². The number of ether oxygens (including phenoxy) is 2. The summed E-state index contributed by atoms with van der Waals surface area (Å²) in [6.07, 6.45) is 0. The maximum Gasteiger partial charge on any atom is 0.250 e. The molecule has 2 aromatic rings. The SMILES string of the molecule is CCOc1cc(C)ccc1NC(=O)COCc1ccccc1Cl. The standard InChI is InChI=1S/C18H20ClNO3/c1-3-23-17-10-13(2)8-9-16(17)20-18(21)12-22-11-14-6-4-5-7-15(14)19/h4-10H,3,11-12H2,1-2H3,(H,20,21). The Kier molecular flexibility index (Phi) is 6.44. The number of hydrogen-bond acceptors (Lipinski definition) is 3. The summed E-state index contributed by atoms with van der Waals surface area (Å²) >= 11 is 6.04. The summed E-state index contributed by atoms with van der Waals surface area (Å²) in [6.45, 7) is 4.65. The van der Waals surface area contributed by atoms with Gasteiger partial charge in [0.25, 0.3) is 0 Å². The van der Waals surface area contributed by atoms with Crippen LogP contribution in [0.25, 0.3) is 0 Å². The third-order valence-corrected chi connectivity index (χ3v) is 3.53. The molecule has 1 N–H and O–H groups in total. The Morgan fingerprint density at radius 1 is 1.22 bits per heavy atom. The van der Waals surface area contributed by atoms with Gasteiger partial charge in [0.15, 0.2) is 0 Å². The normalized spacial score (nSPS) is 10.4. The molecule has 23 heavy (non-hydrogen) atoms. The number of carbonyl (C=O) groups is 1. The van der Waals surface area contributed by atoms with Gasteiger partial charge in [0, 0.05) is 5.02 Å². The number of aryl methyl sites for hydroxylation is 1. The van der Waals surface area contributed by atoms with Crippen molar-refractivity contribution in [2.24, 2.45) is 0 Å². The molecule has 5 heteroatoms. The lowest BCUT2D eigenvalue weighted by Gasteiger charge is -2.12. The quantitative estimate of drug-likeness (QED) is 0.826. The summed E-state index contributed by atoms with van der Waals surface area (Å²) in [5.41, 5.74) is 2.57. The highest BCUT2D eigenvalue weighted by molar-refractivity contribution is 6.31. The molecule has 0 fully saturated rings. The lowest BCUT2D eigenvalue weighted by Crippen LogP contribution is -2.19. The van der Waals surface area contributed by atoms with Gasteiger partial charge in [0.1, 0.15) is 12.4 Å². The van der Waals surface area contributed by atoms with Crippen LogP contribution in [0.4, 0.5) is 5.69 Å². The Bertz CT molecular complexity index is 673. The van der Waals surface area contributed by atoms with Gasteiger partial charge >= 0.3 is 0 Å². The summed E-state index contributed by atoms with van der Waals surface area (Å²) in [6, 6.07) is 13.0. The van der Waals surface area contributed by atoms with E-state index in [1.807, 2.05) is 50.2 Å². The van der Waals surface area contributed by atoms with Crippen molar-refractivity contribution in [2.45, 2.75) is 20.5 Å². The molecule has 0 unspecified atom stereocenters. The van der Waals surface area contributed by atoms with Gasteiger partial charge in [-0.05, 0) is 43.2 Å². The zero-order valence-corrected chi connectivity index (χ0v) is 14.0. The lowest BCUT2D eigenvalue weighted by atomic mass is 10.2. The first-order chi connectivity index (χ1) is 11.1. The van der Waals surface area contributed by atoms with Crippen LogP contribution in [0.15, 0.2) is 42.5 Å². The van der Waals surface area contributed by atoms with Crippen LogP contribution in [-0.2, 0) is 16.1 Å². The molecule has 4 nitrogen and oxygen atoms in total. The van der Waals surface area contributed by atoms with E-state index in [1.54, 1.807) is 6.07 Å². The minimum Gasteiger partial charge on any atom is -0.492 e. The Hall–Kier alpha value is -2.04. The number of benzene rings is 2. The maximum atomic E-state index is 12.0. The largest absolute Gasteiger partial charge is 0.492 e. The Morgan fingerprint density at radius 2 is 2.00 bits per heavy atom. The molecule has 0 saturated carbocycles. The summed E-state index contributed by atoms with van der Waals surface area (Å²) < 4.78 is 11.0. The highest BCUT2D eigenvalue weighted by atomic mass is 35.5. The average Bonchev–Trinajstić information content (AvgIpc) is 2.52. The molecule has 122 valence electrons. The zero-order chi connectivity index (χ0) is 16.7. The molecule has 0 radical (unpaired) electrons. The number of hydrogen-bond donors (Lipinski definition) is 1. The number of rotatable bonds is 7. The third kappa shape index (κ3) is 5.27. The van der Waals surface area contributed by atoms with E-state index < -0.39 is 0 Å². The van der Waals surface area contributed by atoms with E-state index in [0.717, 1.165) is 11.1 Å². The van der Waals surface area contributed by atoms with Crippen LogP contribution in [0.1, 0.15) is 18.1 Å². The fourth-order valence-corrected chi connectivity index (χ4v) is 2.25. The highest BCUT2D eigenvalue weighted by Gasteiger charge is 2.09. The van der Waals surface area contributed by atoms with Crippen LogP contribution in [0.3, 0.4) is 0 Å². The minimum absolute atomic E-state index is 0.0509. The summed E-state index contributed by atoms with van der Waals surface area (Å²) in [7, 11) is 0. The van der Waals surface area contributed by atoms with Crippen molar-refractivity contribution in [3.63, 3.8) is 0 Å². The second-order valence-corrected chi connectivity index (χ2v) is 5.47. The Balaban J connectivity index is 1.89. The van der Waals surface area contributed by atoms with Crippen molar-refractivity contribution in [3.05, 3.63) is 58.6 Å². The lowest BCUT2D eigenvalue weighted by molar-refractivity contribution is -0.121. The molecule has 0 aromatic heterocycles. The number of anilines is 1. The van der Waals surface area contributed by atoms with Crippen molar-refractivity contribution >= 4 is 23.2 Å². The molecule has 0 aliphatic heterocycles. The van der Waals surface area contributed by atoms with E-state index in [-0.39, 0.29) is 12.5 Å². The predicted molar refractivity (Wildman–Crippen MR) is 92.1 cm³/mol. The van der Waals surface area contributed by atoms with Crippen LogP contribution in [0, 0.1) is 6.92 Å². The zero-order valence-electron chi connectivity index (χ0n) is 13.3. The first kappa shape index (κ1) is 17.3. The number of amides is 1. The molecular formula is C18H20ClNO3. The van der Waals surface area contributed by atoms with E-state index in [0.29, 0.717) is 29.7 Å². The van der Waals surface area contributed by atoms with Gasteiger partial charge < -0.3 is 14.8 Å². The maximum absolute atomic E-state index is 12.0. The molecule has 0 bridgehead atoms. The fraction of sp³-hybridized carbons (Fsp3) is 0.278. The summed E-state index contributed by atoms with van der Waals surface area (Å²) in [5.74, 6) is 0.425. The Labute approximate surface area is 141 Å². The van der Waals surface area contributed by atoms with E-state index in [2.05, 4.69) is 5.32 Å². The molecule has 1 amide bonds. The molecule has 0 atom stereocenters. The van der Waals surface area contributed by atoms with E-state index in [9.17, 15) is 4.79 Å². The van der Waals surface area contributed by atoms with Gasteiger partial charge in [-0.1, -0.05) is 35.9 Å². The first-order valence-electron chi connectivity index (χ1n) is 7.44. The number of nitrogens with one attached hydrogen (secondary N) is 1. The molecule has 0 aliphatic carbocycles. The van der Waals surface area contributed by atoms with Gasteiger partial charge in [-0.25, -0.2) is 0 Å². The van der Waals surface area contributed by atoms with Gasteiger partial charge in [0.2, 0.25) is 5.91 Å². The fourth-order valence-electron chi connectivity index (χ4n) is 2.06. The summed E-state index contributed by atoms with van der Waals surface area (Å²) in [4.78, 5) is 12.0. The van der Waals surface area contributed by atoms with Crippen LogP contribution in [0.2, 0.25) is 5.02 Å². The van der Waals surface area contributed by atoms with Gasteiger partial charge in [-0.15, -0.1) is 0 Å². The molecule has 0 saturated heterocycles. The predicted octanol–water partition coefficient (Wildman–Crippen LogP) is 4.20. The molecule has 2 aromatic carbocycles. The molecular weight excluding hydrogens is 314 g/mol. The second-order valence-electron chi connectivity index (χ2n) is 5.07. The van der Waals surface area contributed by atoms with Crippen LogP contribution in [-0.4, -0.2) is 19.1 Å². The smallest absolute Gasteiger partial charge is 0.250 e. The van der Waals surface area contributed by atoms with Crippen molar-refractivity contribution in [2.75, 3.05) is 18.5 Å². The van der Waals surface area contributed by atoms with Gasteiger partial charge in [-0.3, -0.25) is 4.79 Å². The van der Waals surface area contributed by atoms with Crippen LogP contribution < -0.4 is 10.1 Å². The van der Waals surface area contributed by atoms with E-state index >= 15 is 0 Å². The van der Waals surface area contributed by atoms with E-state index in [4.69, 9.17) is 21.1 Å². The molecule has 0 spiro atoms. The topological polar surface area (TPSA) is 47.6 Å². The van der Waals surface area contributed by atoms with Crippen LogP contribution >= 0.6 is 11.6 Å². The molecule has 2 rings (SSSR count). The second kappa shape index (κ2) is 8.56. The number of halogens is 1. The third-order valence-electron chi connectivity index (χ3n) is 3.16. The first-order valence-corrected chi connectivity index (χ1v) is 7.82. The average molecular weight is 334 g/mol. The molecule has 0 heterocycles. The van der Waals surface area contributed by atoms with Gasteiger partial charge in [-0.2, -0.15) is 0 Å². The molecule has 0 aliphatic rings. The monoisotopic (exact) mass is 333 g/mol. The van der Waals surface area contributed by atoms with Crippen molar-refractivity contribution in [1.29, 1.82) is 0 Å². The van der Waals surface area contributed by atoms with Crippen molar-refractivity contribution in [3.8, 4) is 5.75 Å². The van der Waals surface area contributed by atoms with Crippen LogP contribution in [0.5, 0.6) is 5.75 Å². The summed E-state index contributed by atoms with van der Waals surface area (Å²) in [5, 5.41) is 3.43. The highest BCUT2D eigenvalue weighted by Crippen LogP contribution is 2.25. The van der Waals surface area contributed by atoms with E-state index in [1.165, 1.54) is 0 Å². The minimum atomic E-state index is -0.234. The Morgan fingerprint density at radius 3 is 2.74 bits per heavy atom. The van der Waals surface area contributed by atoms with Crippen molar-refractivity contribution in [1.82, 2.24) is 0 Å². The van der Waals surface area contributed by atoms with Gasteiger partial charge in [0.05, 0.1) is 18.9 Å². The number of carbonyl (C=O) groups excluding carboxylic acids is 1.